The third-order valence-electron chi connectivity index (χ3n) is 4.03. The summed E-state index contributed by atoms with van der Waals surface area (Å²) in [4.78, 5) is 9.99. The maximum Gasteiger partial charge on any atom is 0.272 e. The van der Waals surface area contributed by atoms with E-state index in [9.17, 15) is 14.5 Å². The van der Waals surface area contributed by atoms with E-state index in [1.165, 1.54) is 18.6 Å². The molecule has 2 rings (SSSR count). The fourth-order valence-electron chi connectivity index (χ4n) is 2.88. The Balaban J connectivity index is 2.16. The number of non-ortho nitro benzene ring substituents is 1. The Morgan fingerprint density at radius 3 is 2.47 bits per heavy atom. The van der Waals surface area contributed by atoms with E-state index in [-0.39, 0.29) is 11.7 Å². The standard InChI is InChI=1S/C14H19FN2O2/c1-9-4-3-5-10(2)14(9)16-13-7-6-11(17(18)19)8-12(13)15/h6-10,14,16H,3-5H2,1-2H3. The first kappa shape index (κ1) is 13.8. The SMILES string of the molecule is CC1CCCC(C)C1Nc1ccc([N+](=O)[O-])cc1F. The van der Waals surface area contributed by atoms with Crippen LogP contribution in [0.25, 0.3) is 0 Å². The maximum absolute atomic E-state index is 13.9. The van der Waals surface area contributed by atoms with Crippen molar-refractivity contribution in [3.63, 3.8) is 0 Å². The summed E-state index contributed by atoms with van der Waals surface area (Å²) >= 11 is 0. The molecule has 1 aliphatic carbocycles. The summed E-state index contributed by atoms with van der Waals surface area (Å²) in [5.74, 6) is 0.413. The van der Waals surface area contributed by atoms with Crippen molar-refractivity contribution < 1.29 is 9.31 Å². The van der Waals surface area contributed by atoms with Gasteiger partial charge in [-0.15, -0.1) is 0 Å². The van der Waals surface area contributed by atoms with Gasteiger partial charge in [-0.2, -0.15) is 0 Å². The van der Waals surface area contributed by atoms with Gasteiger partial charge in [-0.3, -0.25) is 10.1 Å². The molecule has 0 amide bonds. The van der Waals surface area contributed by atoms with Gasteiger partial charge < -0.3 is 5.32 Å². The summed E-state index contributed by atoms with van der Waals surface area (Å²) in [5.41, 5.74) is 0.143. The molecule has 0 spiro atoms. The molecule has 0 aromatic heterocycles. The molecule has 2 atom stereocenters. The Labute approximate surface area is 112 Å². The van der Waals surface area contributed by atoms with Gasteiger partial charge in [-0.25, -0.2) is 4.39 Å². The molecule has 2 unspecified atom stereocenters. The van der Waals surface area contributed by atoms with Gasteiger partial charge in [0.25, 0.3) is 5.69 Å². The number of hydrogen-bond donors (Lipinski definition) is 1. The maximum atomic E-state index is 13.9. The minimum absolute atomic E-state index is 0.215. The molecule has 1 N–H and O–H groups in total. The number of benzene rings is 1. The first-order valence-electron chi connectivity index (χ1n) is 6.69. The fraction of sp³-hybridized carbons (Fsp3) is 0.571. The van der Waals surface area contributed by atoms with Crippen LogP contribution in [0.15, 0.2) is 18.2 Å². The van der Waals surface area contributed by atoms with Crippen molar-refractivity contribution in [3.8, 4) is 0 Å². The predicted octanol–water partition coefficient (Wildman–Crippen LogP) is 3.97. The first-order chi connectivity index (χ1) is 8.99. The zero-order chi connectivity index (χ0) is 14.0. The van der Waals surface area contributed by atoms with Crippen LogP contribution >= 0.6 is 0 Å². The lowest BCUT2D eigenvalue weighted by Gasteiger charge is -2.35. The van der Waals surface area contributed by atoms with Crippen LogP contribution < -0.4 is 5.32 Å². The lowest BCUT2D eigenvalue weighted by Crippen LogP contribution is -2.37. The van der Waals surface area contributed by atoms with Gasteiger partial charge in [-0.1, -0.05) is 20.3 Å². The molecule has 1 aromatic rings. The molecule has 104 valence electrons. The summed E-state index contributed by atoms with van der Waals surface area (Å²) in [5, 5.41) is 13.8. The molecule has 19 heavy (non-hydrogen) atoms. The number of halogens is 1. The van der Waals surface area contributed by atoms with Crippen molar-refractivity contribution in [3.05, 3.63) is 34.1 Å². The molecule has 1 saturated carbocycles. The third-order valence-corrected chi connectivity index (χ3v) is 4.03. The largest absolute Gasteiger partial charge is 0.379 e. The van der Waals surface area contributed by atoms with Crippen LogP contribution in [-0.4, -0.2) is 11.0 Å². The van der Waals surface area contributed by atoms with E-state index in [4.69, 9.17) is 0 Å². The molecule has 0 heterocycles. The average Bonchev–Trinajstić information content (AvgIpc) is 2.35. The van der Waals surface area contributed by atoms with Crippen molar-refractivity contribution in [1.82, 2.24) is 0 Å². The lowest BCUT2D eigenvalue weighted by molar-refractivity contribution is -0.385. The van der Waals surface area contributed by atoms with Crippen molar-refractivity contribution in [2.24, 2.45) is 11.8 Å². The van der Waals surface area contributed by atoms with Gasteiger partial charge in [0.2, 0.25) is 0 Å². The number of nitrogens with zero attached hydrogens (tertiary/aromatic N) is 1. The summed E-state index contributed by atoms with van der Waals surface area (Å²) < 4.78 is 13.9. The van der Waals surface area contributed by atoms with Gasteiger partial charge in [0.05, 0.1) is 16.7 Å². The molecule has 0 bridgehead atoms. The zero-order valence-corrected chi connectivity index (χ0v) is 11.2. The summed E-state index contributed by atoms with van der Waals surface area (Å²) in [6.07, 6.45) is 3.48. The normalized spacial score (nSPS) is 27.0. The van der Waals surface area contributed by atoms with Crippen molar-refractivity contribution in [1.29, 1.82) is 0 Å². The highest BCUT2D eigenvalue weighted by Crippen LogP contribution is 2.32. The highest BCUT2D eigenvalue weighted by Gasteiger charge is 2.28. The molecule has 5 heteroatoms. The number of nitro groups is 1. The quantitative estimate of drug-likeness (QED) is 0.665. The molecule has 0 aliphatic heterocycles. The summed E-state index contributed by atoms with van der Waals surface area (Å²) in [7, 11) is 0. The van der Waals surface area contributed by atoms with E-state index in [1.54, 1.807) is 0 Å². The van der Waals surface area contributed by atoms with Crippen molar-refractivity contribution in [2.45, 2.75) is 39.2 Å². The molecule has 0 saturated heterocycles. The number of nitrogens with one attached hydrogen (secondary N) is 1. The Kier molecular flexibility index (Phi) is 4.02. The first-order valence-corrected chi connectivity index (χ1v) is 6.69. The van der Waals surface area contributed by atoms with Gasteiger partial charge >= 0.3 is 0 Å². The van der Waals surface area contributed by atoms with Gasteiger partial charge in [-0.05, 0) is 30.7 Å². The highest BCUT2D eigenvalue weighted by atomic mass is 19.1. The van der Waals surface area contributed by atoms with Crippen LogP contribution in [0.2, 0.25) is 0 Å². The van der Waals surface area contributed by atoms with E-state index >= 15 is 0 Å². The Morgan fingerprint density at radius 1 is 1.32 bits per heavy atom. The fourth-order valence-corrected chi connectivity index (χ4v) is 2.88. The summed E-state index contributed by atoms with van der Waals surface area (Å²) in [6.45, 7) is 4.33. The van der Waals surface area contributed by atoms with Crippen molar-refractivity contribution in [2.75, 3.05) is 5.32 Å². The van der Waals surface area contributed by atoms with Crippen LogP contribution in [-0.2, 0) is 0 Å². The number of anilines is 1. The number of rotatable bonds is 3. The predicted molar refractivity (Wildman–Crippen MR) is 72.6 cm³/mol. The van der Waals surface area contributed by atoms with Crippen LogP contribution in [0.1, 0.15) is 33.1 Å². The monoisotopic (exact) mass is 266 g/mol. The second-order valence-corrected chi connectivity index (χ2v) is 5.48. The minimum atomic E-state index is -0.585. The van der Waals surface area contributed by atoms with Crippen LogP contribution in [0, 0.1) is 27.8 Å². The third kappa shape index (κ3) is 3.03. The van der Waals surface area contributed by atoms with E-state index in [0.29, 0.717) is 17.5 Å². The molecule has 1 aromatic carbocycles. The minimum Gasteiger partial charge on any atom is -0.379 e. The van der Waals surface area contributed by atoms with E-state index in [0.717, 1.165) is 18.9 Å². The van der Waals surface area contributed by atoms with Crippen LogP contribution in [0.4, 0.5) is 15.8 Å². The van der Waals surface area contributed by atoms with Crippen molar-refractivity contribution >= 4 is 11.4 Å². The number of nitro benzene ring substituents is 1. The second kappa shape index (κ2) is 5.55. The van der Waals surface area contributed by atoms with Gasteiger partial charge in [0.15, 0.2) is 5.82 Å². The Morgan fingerprint density at radius 2 is 1.95 bits per heavy atom. The Hall–Kier alpha value is -1.65. The Bertz CT molecular complexity index is 469. The van der Waals surface area contributed by atoms with Gasteiger partial charge in [0, 0.05) is 12.1 Å². The molecule has 1 fully saturated rings. The lowest BCUT2D eigenvalue weighted by atomic mass is 9.78. The van der Waals surface area contributed by atoms with E-state index < -0.39 is 10.7 Å². The van der Waals surface area contributed by atoms with Gasteiger partial charge in [0.1, 0.15) is 0 Å². The smallest absolute Gasteiger partial charge is 0.272 e. The molecule has 1 aliphatic rings. The highest BCUT2D eigenvalue weighted by molar-refractivity contribution is 5.51. The molecular formula is C14H19FN2O2. The molecule has 4 nitrogen and oxygen atoms in total. The second-order valence-electron chi connectivity index (χ2n) is 5.48. The average molecular weight is 266 g/mol. The zero-order valence-electron chi connectivity index (χ0n) is 11.2. The van der Waals surface area contributed by atoms with Crippen LogP contribution in [0.3, 0.4) is 0 Å². The summed E-state index contributed by atoms with van der Waals surface area (Å²) in [6, 6.07) is 4.00. The molecule has 0 radical (unpaired) electrons. The van der Waals surface area contributed by atoms with E-state index in [2.05, 4.69) is 19.2 Å². The topological polar surface area (TPSA) is 55.2 Å². The van der Waals surface area contributed by atoms with Crippen LogP contribution in [0.5, 0.6) is 0 Å². The number of hydrogen-bond acceptors (Lipinski definition) is 3. The van der Waals surface area contributed by atoms with E-state index in [1.807, 2.05) is 0 Å². The molecular weight excluding hydrogens is 247 g/mol.